The fourth-order valence-electron chi connectivity index (χ4n) is 3.14. The largest absolute Gasteiger partial charge is 0.291 e. The summed E-state index contributed by atoms with van der Waals surface area (Å²) in [5, 5.41) is 7.55. The van der Waals surface area contributed by atoms with Crippen molar-refractivity contribution < 1.29 is 0 Å². The molecule has 0 amide bonds. The molecule has 0 saturated heterocycles. The number of nitrogens with zero attached hydrogens (tertiary/aromatic N) is 3. The van der Waals surface area contributed by atoms with Crippen molar-refractivity contribution in [2.24, 2.45) is 0 Å². The van der Waals surface area contributed by atoms with Crippen LogP contribution in [0, 0.1) is 0 Å². The van der Waals surface area contributed by atoms with Crippen molar-refractivity contribution in [2.75, 3.05) is 0 Å². The first-order chi connectivity index (χ1) is 13.6. The average molecular weight is 424 g/mol. The molecular weight excluding hydrogens is 413 g/mol. The predicted octanol–water partition coefficient (Wildman–Crippen LogP) is 4.83. The maximum absolute atomic E-state index is 12.8. The number of hydrogen-bond donors (Lipinski definition) is 0. The molecule has 0 aliphatic rings. The summed E-state index contributed by atoms with van der Waals surface area (Å²) in [5.41, 5.74) is 1.43. The first-order valence-electron chi connectivity index (χ1n) is 8.45. The maximum atomic E-state index is 12.8. The van der Waals surface area contributed by atoms with Gasteiger partial charge < -0.3 is 0 Å². The van der Waals surface area contributed by atoms with Crippen molar-refractivity contribution in [3.8, 4) is 11.4 Å². The summed E-state index contributed by atoms with van der Waals surface area (Å²) in [6.07, 6.45) is 1.89. The van der Waals surface area contributed by atoms with Crippen molar-refractivity contribution in [1.82, 2.24) is 14.6 Å². The molecule has 0 N–H and O–H groups in total. The van der Waals surface area contributed by atoms with E-state index in [4.69, 9.17) is 23.2 Å². The molecule has 0 bridgehead atoms. The molecule has 2 heterocycles. The molecule has 0 fully saturated rings. The van der Waals surface area contributed by atoms with Crippen LogP contribution in [0.3, 0.4) is 0 Å². The number of thiazole rings is 1. The van der Waals surface area contributed by atoms with Crippen LogP contribution in [0.1, 0.15) is 5.56 Å². The zero-order valence-electron chi connectivity index (χ0n) is 14.3. The first kappa shape index (κ1) is 17.4. The highest BCUT2D eigenvalue weighted by atomic mass is 35.5. The summed E-state index contributed by atoms with van der Waals surface area (Å²) in [6.45, 7) is 0. The molecule has 0 aliphatic carbocycles. The van der Waals surface area contributed by atoms with E-state index in [0.717, 1.165) is 16.3 Å². The average Bonchev–Trinajstić information content (AvgIpc) is 3.22. The van der Waals surface area contributed by atoms with Crippen molar-refractivity contribution in [2.45, 2.75) is 0 Å². The lowest BCUT2D eigenvalue weighted by Gasteiger charge is -2.00. The van der Waals surface area contributed by atoms with Gasteiger partial charge in [0.15, 0.2) is 5.82 Å². The molecule has 0 spiro atoms. The second-order valence-corrected chi connectivity index (χ2v) is 8.09. The van der Waals surface area contributed by atoms with E-state index in [9.17, 15) is 4.79 Å². The molecule has 0 aliphatic heterocycles. The van der Waals surface area contributed by atoms with Gasteiger partial charge in [-0.1, -0.05) is 77.0 Å². The molecule has 5 aromatic rings. The van der Waals surface area contributed by atoms with E-state index in [1.165, 1.54) is 15.9 Å². The number of hydrogen-bond acceptors (Lipinski definition) is 4. The highest BCUT2D eigenvalue weighted by molar-refractivity contribution is 7.15. The number of fused-ring (bicyclic) bond motifs is 2. The molecule has 0 unspecified atom stereocenters. The van der Waals surface area contributed by atoms with Gasteiger partial charge in [0.25, 0.3) is 5.56 Å². The topological polar surface area (TPSA) is 47.3 Å². The van der Waals surface area contributed by atoms with Crippen molar-refractivity contribution in [1.29, 1.82) is 0 Å². The molecule has 0 saturated carbocycles. The minimum absolute atomic E-state index is 0.197. The molecule has 2 aromatic heterocycles. The van der Waals surface area contributed by atoms with Crippen LogP contribution in [-0.2, 0) is 0 Å². The minimum Gasteiger partial charge on any atom is -0.266 e. The highest BCUT2D eigenvalue weighted by Crippen LogP contribution is 2.28. The van der Waals surface area contributed by atoms with E-state index in [1.807, 2.05) is 36.4 Å². The van der Waals surface area contributed by atoms with Crippen molar-refractivity contribution in [3.05, 3.63) is 91.2 Å². The fraction of sp³-hybridized carbons (Fsp3) is 0. The lowest BCUT2D eigenvalue weighted by molar-refractivity contribution is 0.937. The quantitative estimate of drug-likeness (QED) is 0.408. The fourth-order valence-corrected chi connectivity index (χ4v) is 4.53. The summed E-state index contributed by atoms with van der Waals surface area (Å²) >= 11 is 13.5. The Morgan fingerprint density at radius 3 is 2.64 bits per heavy atom. The third-order valence-electron chi connectivity index (χ3n) is 4.46. The smallest absolute Gasteiger partial charge is 0.266 e. The van der Waals surface area contributed by atoms with E-state index in [-0.39, 0.29) is 5.56 Å². The van der Waals surface area contributed by atoms with Crippen LogP contribution in [-0.4, -0.2) is 14.6 Å². The Labute approximate surface area is 173 Å². The van der Waals surface area contributed by atoms with Crippen molar-refractivity contribution in [3.63, 3.8) is 0 Å². The molecule has 28 heavy (non-hydrogen) atoms. The van der Waals surface area contributed by atoms with Gasteiger partial charge in [0.05, 0.1) is 9.55 Å². The molecule has 7 heteroatoms. The zero-order valence-corrected chi connectivity index (χ0v) is 16.6. The van der Waals surface area contributed by atoms with Gasteiger partial charge in [-0.25, -0.2) is 0 Å². The van der Waals surface area contributed by atoms with E-state index in [0.29, 0.717) is 30.9 Å². The Kier molecular flexibility index (Phi) is 4.16. The van der Waals surface area contributed by atoms with E-state index in [1.54, 1.807) is 18.2 Å². The highest BCUT2D eigenvalue weighted by Gasteiger charge is 2.14. The first-order valence-corrected chi connectivity index (χ1v) is 10.0. The summed E-state index contributed by atoms with van der Waals surface area (Å²) in [4.78, 5) is 17.8. The van der Waals surface area contributed by atoms with Crippen LogP contribution < -0.4 is 10.1 Å². The van der Waals surface area contributed by atoms with Crippen LogP contribution in [0.15, 0.2) is 65.5 Å². The third-order valence-corrected chi connectivity index (χ3v) is 5.97. The van der Waals surface area contributed by atoms with Gasteiger partial charge >= 0.3 is 0 Å². The molecule has 0 radical (unpaired) electrons. The Morgan fingerprint density at radius 2 is 1.82 bits per heavy atom. The Morgan fingerprint density at radius 1 is 1.00 bits per heavy atom. The Balaban J connectivity index is 1.66. The SMILES string of the molecule is O=c1/c(=C/c2cccc3ccccc23)sc2nc(-c3ccc(Cl)cc3Cl)nn12. The number of benzene rings is 3. The molecule has 4 nitrogen and oxygen atoms in total. The van der Waals surface area contributed by atoms with E-state index in [2.05, 4.69) is 22.2 Å². The number of rotatable bonds is 2. The second-order valence-electron chi connectivity index (χ2n) is 6.24. The molecular formula is C21H11Cl2N3OS. The van der Waals surface area contributed by atoms with Gasteiger partial charge in [-0.2, -0.15) is 9.50 Å². The number of aromatic nitrogens is 3. The molecule has 136 valence electrons. The van der Waals surface area contributed by atoms with Crippen LogP contribution in [0.25, 0.3) is 33.2 Å². The summed E-state index contributed by atoms with van der Waals surface area (Å²) < 4.78 is 1.90. The van der Waals surface area contributed by atoms with Crippen LogP contribution in [0.2, 0.25) is 10.0 Å². The van der Waals surface area contributed by atoms with Gasteiger partial charge in [-0.05, 0) is 40.6 Å². The number of halogens is 2. The van der Waals surface area contributed by atoms with Crippen LogP contribution in [0.4, 0.5) is 0 Å². The van der Waals surface area contributed by atoms with E-state index < -0.39 is 0 Å². The summed E-state index contributed by atoms with van der Waals surface area (Å²) in [6, 6.07) is 19.2. The minimum atomic E-state index is -0.197. The Bertz CT molecular complexity index is 1470. The van der Waals surface area contributed by atoms with Gasteiger partial charge in [0.2, 0.25) is 4.96 Å². The Hall–Kier alpha value is -2.73. The van der Waals surface area contributed by atoms with Gasteiger partial charge in [-0.15, -0.1) is 5.10 Å². The van der Waals surface area contributed by atoms with Crippen LogP contribution in [0.5, 0.6) is 0 Å². The molecule has 0 atom stereocenters. The molecule has 3 aromatic carbocycles. The van der Waals surface area contributed by atoms with Crippen molar-refractivity contribution >= 4 is 56.3 Å². The maximum Gasteiger partial charge on any atom is 0.291 e. The predicted molar refractivity (Wildman–Crippen MR) is 115 cm³/mol. The van der Waals surface area contributed by atoms with Gasteiger partial charge in [0, 0.05) is 10.6 Å². The summed E-state index contributed by atoms with van der Waals surface area (Å²) in [7, 11) is 0. The van der Waals surface area contributed by atoms with Crippen LogP contribution >= 0.6 is 34.5 Å². The van der Waals surface area contributed by atoms with Gasteiger partial charge in [-0.3, -0.25) is 4.79 Å². The monoisotopic (exact) mass is 423 g/mol. The van der Waals surface area contributed by atoms with Gasteiger partial charge in [0.1, 0.15) is 0 Å². The normalized spacial score (nSPS) is 12.3. The third kappa shape index (κ3) is 2.88. The van der Waals surface area contributed by atoms with E-state index >= 15 is 0 Å². The summed E-state index contributed by atoms with van der Waals surface area (Å²) in [5.74, 6) is 0.404. The lowest BCUT2D eigenvalue weighted by atomic mass is 10.0. The lowest BCUT2D eigenvalue weighted by Crippen LogP contribution is -2.23. The zero-order chi connectivity index (χ0) is 19.3. The molecule has 5 rings (SSSR count). The second kappa shape index (κ2) is 6.71. The standard InChI is InChI=1S/C21H11Cl2N3OS/c22-14-8-9-16(17(23)11-14)19-24-21-26(25-19)20(27)18(28-21)10-13-6-3-5-12-4-1-2-7-15(12)13/h1-11H/b18-10-.